The van der Waals surface area contributed by atoms with Crippen LogP contribution in [0.1, 0.15) is 112 Å². The minimum atomic E-state index is -1.09. The van der Waals surface area contributed by atoms with Gasteiger partial charge in [-0.3, -0.25) is 24.0 Å². The number of imidazole rings is 4. The van der Waals surface area contributed by atoms with Gasteiger partial charge < -0.3 is 99.0 Å². The fraction of sp³-hybridized carbons (Fsp3) is 0.256. The Bertz CT molecular complexity index is 5630. The second-order valence-corrected chi connectivity index (χ2v) is 35.5. The van der Waals surface area contributed by atoms with Gasteiger partial charge in [0.2, 0.25) is 23.6 Å². The van der Waals surface area contributed by atoms with Crippen molar-refractivity contribution in [3.8, 4) is 23.1 Å². The van der Waals surface area contributed by atoms with Gasteiger partial charge in [-0.05, 0) is 267 Å². The van der Waals surface area contributed by atoms with Gasteiger partial charge in [-0.1, -0.05) is 60.7 Å². The number of rotatable bonds is 26. The van der Waals surface area contributed by atoms with E-state index in [1.807, 2.05) is 161 Å². The van der Waals surface area contributed by atoms with Crippen LogP contribution in [-0.2, 0) is 70.3 Å². The number of nitrogens with zero attached hydrogens (tertiary/aromatic N) is 9. The van der Waals surface area contributed by atoms with Gasteiger partial charge in [0.25, 0.3) is 5.91 Å². The zero-order valence-corrected chi connectivity index (χ0v) is 80.7. The highest BCUT2D eigenvalue weighted by Crippen LogP contribution is 2.31. The van der Waals surface area contributed by atoms with Crippen LogP contribution in [0.15, 0.2) is 231 Å². The summed E-state index contributed by atoms with van der Waals surface area (Å²) in [6, 6.07) is 41.5. The van der Waals surface area contributed by atoms with Gasteiger partial charge in [-0.2, -0.15) is 9.64 Å². The molecule has 19 N–H and O–H groups in total. The van der Waals surface area contributed by atoms with Crippen molar-refractivity contribution in [3.05, 3.63) is 300 Å². The number of carboxylic acids is 1. The predicted octanol–water partition coefficient (Wildman–Crippen LogP) is 13.6. The summed E-state index contributed by atoms with van der Waals surface area (Å²) in [6.07, 6.45) is 20.3. The lowest BCUT2D eigenvalue weighted by atomic mass is 10.0. The Balaban J connectivity index is 0.000000284. The molecule has 0 aliphatic rings. The molecule has 5 atom stereocenters. The Morgan fingerprint density at radius 2 is 0.879 bits per heavy atom. The molecule has 0 spiro atoms. The molecule has 0 fully saturated rings. The number of hydrogen-bond donors (Lipinski definition) is 13. The predicted molar refractivity (Wildman–Crippen MR) is 516 cm³/mol. The van der Waals surface area contributed by atoms with E-state index in [0.29, 0.717) is 24.3 Å². The number of carbonyl (C=O) groups excluding carboxylic acids is 8. The standard InChI is InChI=1S/C23H22FN7O2S.C17H22N4O3.C14H19IN2O3.C14H18INO4.C12H14N4O.C7H2BrF2N.C3H4N2.ClH/c1-13-8-21(34-30-13)29-18-11-19(17(24)10-16(18)22(25)32)28-20(23(26)33)9-14-2-4-15(5-3-14)31-7-6-27-12-31;1-17(2,3)24-16(23)20-14(15(18)22)10-12-4-6-13(7-5-12)21-9-8-19-11-21;1-14(2,3)20-13(19)17-11(12(16)18)8-9-4-6-10(15)7-5-9;1-14(2,3)20-13(19)16-11(12(17)18)8-9-4-6-10(15)7-5-9;13-11(12(14)17)7-9-1-3-10(4-2-9)16-6-5-15-8-16;8-5-2-7(10)6(9)1-4(5)3-11;1-2-5-3-4-1;/h2-8,10-12,20,28-29H,9H2,1H3,(H2,25,32)(H2,26,33);4-9,11,14H,10H2,1-3H3,(H2,18,22)(H,20,23);4-7,11H,8H2,1-3H3,(H2,16,18)(H,17,19);4-7,11H,8H2,1-3H3,(H,16,19)(H,17,18);1-6,8,11H,7,13H2,(H2,14,17);1-2H;1-3H,(H,4,5);1H/t20-;14-;3*11-;;;/m11111.../s1. The fourth-order valence-electron chi connectivity index (χ4n) is 11.0. The summed E-state index contributed by atoms with van der Waals surface area (Å²) >= 11 is 8.47. The second-order valence-electron chi connectivity index (χ2n) is 31.3. The van der Waals surface area contributed by atoms with E-state index in [1.165, 1.54) is 17.6 Å². The zero-order chi connectivity index (χ0) is 96.9. The first-order valence-corrected chi connectivity index (χ1v) is 43.4. The number of alkyl carbamates (subject to hydrolysis) is 3. The van der Waals surface area contributed by atoms with E-state index >= 15 is 0 Å². The van der Waals surface area contributed by atoms with Crippen LogP contribution in [0, 0.1) is 42.8 Å². The number of hydrogen-bond acceptors (Lipinski definition) is 22. The number of anilines is 3. The summed E-state index contributed by atoms with van der Waals surface area (Å²) in [7, 11) is 0. The Morgan fingerprint density at radius 3 is 1.19 bits per heavy atom. The normalized spacial score (nSPS) is 11.8. The molecular formula is C90H102BrClF3I2N21O13S. The number of halogens is 7. The third-order valence-electron chi connectivity index (χ3n) is 17.1. The van der Waals surface area contributed by atoms with Gasteiger partial charge >= 0.3 is 24.2 Å². The molecule has 5 heterocycles. The SMILES string of the molecule is CC(C)(C)OC(=O)N[C@H](Cc1ccc(-n2ccnc2)cc1)C(N)=O.CC(C)(C)OC(=O)N[C@H](Cc1ccc(I)cc1)C(=O)O.CC(C)(C)OC(=O)N[C@H](Cc1ccc(I)cc1)C(N)=O.Cc1cc(Nc2cc(N[C@H](Cc3ccc(-n4ccnc4)cc3)C(N)=O)c(F)cc2C(N)=O)sn1.Cl.N#Cc1cc(F)c(F)cc1Br.NC(=O)[C@H](N)Cc1ccc(-n2ccnc2)cc1.c1c[nH]cn1. The van der Waals surface area contributed by atoms with Gasteiger partial charge in [0, 0.05) is 104 Å². The van der Waals surface area contributed by atoms with Gasteiger partial charge in [0.1, 0.15) is 57.9 Å². The molecule has 0 saturated heterocycles. The molecule has 0 unspecified atom stereocenters. The number of carboxylic acid groups (broad SMARTS) is 1. The van der Waals surface area contributed by atoms with Gasteiger partial charge in [0.15, 0.2) is 11.6 Å². The van der Waals surface area contributed by atoms with E-state index in [-0.39, 0.29) is 52.2 Å². The van der Waals surface area contributed by atoms with Crippen molar-refractivity contribution in [1.82, 2.24) is 58.9 Å². The van der Waals surface area contributed by atoms with Gasteiger partial charge in [-0.25, -0.2) is 52.3 Å². The number of ether oxygens (including phenoxy) is 3. The highest BCUT2D eigenvalue weighted by Gasteiger charge is 2.28. The van der Waals surface area contributed by atoms with E-state index in [1.54, 1.807) is 131 Å². The Hall–Kier alpha value is -13.3. The number of H-pyrrole nitrogens is 1. The molecule has 7 aromatic carbocycles. The highest BCUT2D eigenvalue weighted by molar-refractivity contribution is 14.1. The molecule has 8 amide bonds. The number of amides is 8. The lowest BCUT2D eigenvalue weighted by Crippen LogP contribution is -2.47. The summed E-state index contributed by atoms with van der Waals surface area (Å²) < 4.78 is 67.2. The Kier molecular flexibility index (Phi) is 44.0. The molecular weight excluding hydrogens is 2040 g/mol. The topological polar surface area (TPSA) is 537 Å². The molecule has 34 nitrogen and oxygen atoms in total. The van der Waals surface area contributed by atoms with E-state index in [9.17, 15) is 56.3 Å². The maximum absolute atomic E-state index is 14.8. The van der Waals surface area contributed by atoms with Crippen LogP contribution in [0.25, 0.3) is 17.1 Å². The molecule has 700 valence electrons. The molecule has 0 aliphatic carbocycles. The summed E-state index contributed by atoms with van der Waals surface area (Å²) in [4.78, 5) is 123. The number of benzene rings is 7. The molecule has 132 heavy (non-hydrogen) atoms. The van der Waals surface area contributed by atoms with Crippen LogP contribution < -0.4 is 61.0 Å². The highest BCUT2D eigenvalue weighted by atomic mass is 127. The number of aromatic nitrogens is 9. The number of nitrogens with one attached hydrogen (secondary N) is 6. The zero-order valence-electron chi connectivity index (χ0n) is 73.2. The molecule has 0 radical (unpaired) electrons. The largest absolute Gasteiger partial charge is 0.480 e. The van der Waals surface area contributed by atoms with Crippen LogP contribution in [0.4, 0.5) is 43.9 Å². The lowest BCUT2D eigenvalue weighted by molar-refractivity contribution is -0.139. The third kappa shape index (κ3) is 40.4. The first-order chi connectivity index (χ1) is 61.7. The fourth-order valence-corrected chi connectivity index (χ4v) is 12.8. The van der Waals surface area contributed by atoms with Crippen LogP contribution in [0.5, 0.6) is 0 Å². The van der Waals surface area contributed by atoms with Crippen molar-refractivity contribution < 1.29 is 75.6 Å². The number of nitrogens with two attached hydrogens (primary N) is 6. The first kappa shape index (κ1) is 109. The maximum atomic E-state index is 14.8. The van der Waals surface area contributed by atoms with E-state index < -0.39 is 118 Å². The molecule has 42 heteroatoms. The molecule has 5 aromatic heterocycles. The average Bonchev–Trinajstić information content (AvgIpc) is 0.900. The van der Waals surface area contributed by atoms with Crippen molar-refractivity contribution in [2.24, 2.45) is 34.4 Å². The molecule has 12 rings (SSSR count). The Morgan fingerprint density at radius 1 is 0.508 bits per heavy atom. The number of carbonyl (C=O) groups is 9. The van der Waals surface area contributed by atoms with Crippen molar-refractivity contribution in [2.75, 3.05) is 10.6 Å². The maximum Gasteiger partial charge on any atom is 0.408 e. The minimum absolute atomic E-state index is 0. The average molecular weight is 2140 g/mol. The quantitative estimate of drug-likeness (QED) is 0.0136. The van der Waals surface area contributed by atoms with E-state index in [0.717, 1.165) is 75.9 Å². The number of aromatic amines is 1. The monoisotopic (exact) mass is 2140 g/mol. The number of primary amides is 5. The molecule has 0 aliphatic heterocycles. The molecule has 0 bridgehead atoms. The van der Waals surface area contributed by atoms with Crippen molar-refractivity contribution in [2.45, 2.75) is 148 Å². The lowest BCUT2D eigenvalue weighted by Gasteiger charge is -2.22. The van der Waals surface area contributed by atoms with E-state index in [4.69, 9.17) is 59.0 Å². The van der Waals surface area contributed by atoms with Gasteiger partial charge in [-0.15, -0.1) is 12.4 Å². The van der Waals surface area contributed by atoms with Crippen LogP contribution >= 0.6 is 85.1 Å². The summed E-state index contributed by atoms with van der Waals surface area (Å²) in [5.41, 5.74) is 39.0. The van der Waals surface area contributed by atoms with Crippen molar-refractivity contribution in [1.29, 1.82) is 5.26 Å². The smallest absolute Gasteiger partial charge is 0.408 e. The van der Waals surface area contributed by atoms with Crippen LogP contribution in [0.2, 0.25) is 0 Å². The minimum Gasteiger partial charge on any atom is -0.480 e. The van der Waals surface area contributed by atoms with Crippen LogP contribution in [-0.4, -0.2) is 149 Å². The molecule has 0 saturated carbocycles. The number of aryl methyl sites for hydroxylation is 1. The number of nitriles is 1. The summed E-state index contributed by atoms with van der Waals surface area (Å²) in [6.45, 7) is 17.5. The Labute approximate surface area is 805 Å². The summed E-state index contributed by atoms with van der Waals surface area (Å²) in [5, 5.41) is 31.5. The summed E-state index contributed by atoms with van der Waals surface area (Å²) in [5.74, 6) is -6.92. The van der Waals surface area contributed by atoms with E-state index in [2.05, 4.69) is 117 Å². The van der Waals surface area contributed by atoms with Crippen LogP contribution in [0.3, 0.4) is 0 Å². The van der Waals surface area contributed by atoms with Crippen molar-refractivity contribution >= 4 is 155 Å². The van der Waals surface area contributed by atoms with Crippen molar-refractivity contribution in [3.63, 3.8) is 0 Å². The third-order valence-corrected chi connectivity index (χ3v) is 20.0. The first-order valence-electron chi connectivity index (χ1n) is 39.6. The number of aliphatic carboxylic acids is 1. The molecule has 12 aromatic rings. The second kappa shape index (κ2) is 53.1. The van der Waals surface area contributed by atoms with Gasteiger partial charge in [0.05, 0.1) is 59.5 Å².